The molecule has 0 radical (unpaired) electrons. The fraction of sp³-hybridized carbons (Fsp3) is 0.500. The molecule has 88 valence electrons. The van der Waals surface area contributed by atoms with Crippen molar-refractivity contribution in [2.24, 2.45) is 5.73 Å². The fourth-order valence-electron chi connectivity index (χ4n) is 2.39. The van der Waals surface area contributed by atoms with Crippen LogP contribution in [0.4, 0.5) is 5.69 Å². The van der Waals surface area contributed by atoms with E-state index in [0.717, 1.165) is 25.1 Å². The molecule has 4 heteroatoms. The monoisotopic (exact) mass is 258 g/mol. The third kappa shape index (κ3) is 2.02. The van der Waals surface area contributed by atoms with E-state index in [1.54, 1.807) is 0 Å². The van der Waals surface area contributed by atoms with E-state index >= 15 is 0 Å². The maximum absolute atomic E-state index is 6.27. The molecule has 1 aliphatic rings. The molecule has 0 bridgehead atoms. The lowest BCUT2D eigenvalue weighted by Crippen LogP contribution is -2.28. The van der Waals surface area contributed by atoms with Crippen molar-refractivity contribution in [1.82, 2.24) is 0 Å². The molecule has 0 spiro atoms. The standard InChI is InChI=1S/C12H16Cl2N2/c1-16-7-5-8(4-6-15)9-2-3-10(13)11(14)12(9)16/h2-3,8H,4-7,15H2,1H3. The number of hydrogen-bond acceptors (Lipinski definition) is 2. The first-order chi connectivity index (χ1) is 7.65. The van der Waals surface area contributed by atoms with E-state index in [-0.39, 0.29) is 0 Å². The summed E-state index contributed by atoms with van der Waals surface area (Å²) in [6.07, 6.45) is 2.15. The van der Waals surface area contributed by atoms with Gasteiger partial charge in [0, 0.05) is 13.6 Å². The van der Waals surface area contributed by atoms with Gasteiger partial charge in [0.05, 0.1) is 15.7 Å². The molecule has 0 aliphatic carbocycles. The van der Waals surface area contributed by atoms with Gasteiger partial charge in [-0.05, 0) is 36.9 Å². The van der Waals surface area contributed by atoms with E-state index in [1.807, 2.05) is 6.07 Å². The van der Waals surface area contributed by atoms with Crippen LogP contribution in [0.15, 0.2) is 12.1 Å². The van der Waals surface area contributed by atoms with Crippen molar-refractivity contribution < 1.29 is 0 Å². The van der Waals surface area contributed by atoms with Crippen LogP contribution in [0.25, 0.3) is 0 Å². The zero-order chi connectivity index (χ0) is 11.7. The number of nitrogens with zero attached hydrogens (tertiary/aromatic N) is 1. The maximum Gasteiger partial charge on any atom is 0.0828 e. The summed E-state index contributed by atoms with van der Waals surface area (Å²) in [5.74, 6) is 0.519. The molecule has 0 saturated carbocycles. The van der Waals surface area contributed by atoms with Crippen LogP contribution in [0.5, 0.6) is 0 Å². The normalized spacial score (nSPS) is 19.8. The predicted octanol–water partition coefficient (Wildman–Crippen LogP) is 3.27. The Morgan fingerprint density at radius 2 is 2.19 bits per heavy atom. The second-order valence-corrected chi connectivity index (χ2v) is 5.07. The predicted molar refractivity (Wildman–Crippen MR) is 70.8 cm³/mol. The molecule has 1 atom stereocenters. The topological polar surface area (TPSA) is 29.3 Å². The largest absolute Gasteiger partial charge is 0.373 e. The van der Waals surface area contributed by atoms with Gasteiger partial charge >= 0.3 is 0 Å². The van der Waals surface area contributed by atoms with E-state index < -0.39 is 0 Å². The van der Waals surface area contributed by atoms with Crippen molar-refractivity contribution >= 4 is 28.9 Å². The third-order valence-corrected chi connectivity index (χ3v) is 4.04. The first kappa shape index (κ1) is 12.0. The zero-order valence-electron chi connectivity index (χ0n) is 9.34. The van der Waals surface area contributed by atoms with Crippen LogP contribution in [-0.2, 0) is 0 Å². The lowest BCUT2D eigenvalue weighted by molar-refractivity contribution is 0.560. The summed E-state index contributed by atoms with van der Waals surface area (Å²) >= 11 is 12.3. The lowest BCUT2D eigenvalue weighted by Gasteiger charge is -2.34. The number of halogens is 2. The van der Waals surface area contributed by atoms with Gasteiger partial charge in [-0.25, -0.2) is 0 Å². The van der Waals surface area contributed by atoms with Crippen LogP contribution in [0, 0.1) is 0 Å². The molecule has 2 N–H and O–H groups in total. The quantitative estimate of drug-likeness (QED) is 0.883. The summed E-state index contributed by atoms with van der Waals surface area (Å²) in [6, 6.07) is 3.96. The van der Waals surface area contributed by atoms with E-state index in [0.29, 0.717) is 22.5 Å². The van der Waals surface area contributed by atoms with Gasteiger partial charge in [0.2, 0.25) is 0 Å². The molecule has 0 fully saturated rings. The average molecular weight is 259 g/mol. The Balaban J connectivity index is 2.47. The van der Waals surface area contributed by atoms with Crippen LogP contribution in [0.3, 0.4) is 0 Å². The van der Waals surface area contributed by atoms with Gasteiger partial charge in [0.25, 0.3) is 0 Å². The van der Waals surface area contributed by atoms with Crippen molar-refractivity contribution in [1.29, 1.82) is 0 Å². The molecule has 1 heterocycles. The SMILES string of the molecule is CN1CCC(CCN)c2ccc(Cl)c(Cl)c21. The highest BCUT2D eigenvalue weighted by atomic mass is 35.5. The molecule has 0 aromatic heterocycles. The number of benzene rings is 1. The molecular formula is C12H16Cl2N2. The molecule has 2 nitrogen and oxygen atoms in total. The van der Waals surface area contributed by atoms with Gasteiger partial charge in [0.1, 0.15) is 0 Å². The summed E-state index contributed by atoms with van der Waals surface area (Å²) in [4.78, 5) is 2.18. The Labute approximate surface area is 106 Å². The minimum absolute atomic E-state index is 0.519. The molecule has 1 aromatic carbocycles. The Bertz CT molecular complexity index is 393. The van der Waals surface area contributed by atoms with Crippen LogP contribution in [0.2, 0.25) is 10.0 Å². The van der Waals surface area contributed by atoms with Crippen molar-refractivity contribution in [3.63, 3.8) is 0 Å². The fourth-order valence-corrected chi connectivity index (χ4v) is 2.86. The zero-order valence-corrected chi connectivity index (χ0v) is 10.9. The Morgan fingerprint density at radius 3 is 2.88 bits per heavy atom. The van der Waals surface area contributed by atoms with Crippen molar-refractivity contribution in [2.75, 3.05) is 25.0 Å². The van der Waals surface area contributed by atoms with Gasteiger partial charge in [-0.2, -0.15) is 0 Å². The molecule has 0 amide bonds. The minimum Gasteiger partial charge on any atom is -0.373 e. The number of fused-ring (bicyclic) bond motifs is 1. The van der Waals surface area contributed by atoms with Crippen molar-refractivity contribution in [3.05, 3.63) is 27.7 Å². The second-order valence-electron chi connectivity index (χ2n) is 4.28. The van der Waals surface area contributed by atoms with Crippen LogP contribution >= 0.6 is 23.2 Å². The van der Waals surface area contributed by atoms with E-state index in [1.165, 1.54) is 5.56 Å². The van der Waals surface area contributed by atoms with Gasteiger partial charge in [0.15, 0.2) is 0 Å². The Hall–Kier alpha value is -0.440. The molecule has 1 aliphatic heterocycles. The molecule has 1 aromatic rings. The highest BCUT2D eigenvalue weighted by molar-refractivity contribution is 6.43. The van der Waals surface area contributed by atoms with Gasteiger partial charge in [-0.3, -0.25) is 0 Å². The second kappa shape index (κ2) is 4.82. The van der Waals surface area contributed by atoms with E-state index in [4.69, 9.17) is 28.9 Å². The van der Waals surface area contributed by atoms with Crippen LogP contribution in [-0.4, -0.2) is 20.1 Å². The van der Waals surface area contributed by atoms with Crippen LogP contribution < -0.4 is 10.6 Å². The Kier molecular flexibility index (Phi) is 3.63. The summed E-state index contributed by atoms with van der Waals surface area (Å²) in [6.45, 7) is 1.73. The molecular weight excluding hydrogens is 243 g/mol. The number of nitrogens with two attached hydrogens (primary N) is 1. The summed E-state index contributed by atoms with van der Waals surface area (Å²) in [5, 5.41) is 1.30. The van der Waals surface area contributed by atoms with Crippen LogP contribution in [0.1, 0.15) is 24.3 Å². The number of anilines is 1. The third-order valence-electron chi connectivity index (χ3n) is 3.25. The lowest BCUT2D eigenvalue weighted by atomic mass is 9.87. The van der Waals surface area contributed by atoms with Crippen molar-refractivity contribution in [2.45, 2.75) is 18.8 Å². The van der Waals surface area contributed by atoms with E-state index in [2.05, 4.69) is 18.0 Å². The first-order valence-electron chi connectivity index (χ1n) is 5.54. The molecule has 1 unspecified atom stereocenters. The summed E-state index contributed by atoms with van der Waals surface area (Å²) < 4.78 is 0. The summed E-state index contributed by atoms with van der Waals surface area (Å²) in [5.41, 5.74) is 8.01. The van der Waals surface area contributed by atoms with Gasteiger partial charge in [-0.15, -0.1) is 0 Å². The average Bonchev–Trinajstić information content (AvgIpc) is 2.27. The highest BCUT2D eigenvalue weighted by Gasteiger charge is 2.25. The molecule has 0 saturated heterocycles. The maximum atomic E-state index is 6.27. The Morgan fingerprint density at radius 1 is 1.44 bits per heavy atom. The highest BCUT2D eigenvalue weighted by Crippen LogP contribution is 2.43. The molecule has 16 heavy (non-hydrogen) atoms. The first-order valence-corrected chi connectivity index (χ1v) is 6.30. The number of hydrogen-bond donors (Lipinski definition) is 1. The van der Waals surface area contributed by atoms with Crippen molar-refractivity contribution in [3.8, 4) is 0 Å². The summed E-state index contributed by atoms with van der Waals surface area (Å²) in [7, 11) is 2.06. The van der Waals surface area contributed by atoms with Gasteiger partial charge in [-0.1, -0.05) is 29.3 Å². The number of rotatable bonds is 2. The smallest absolute Gasteiger partial charge is 0.0828 e. The van der Waals surface area contributed by atoms with E-state index in [9.17, 15) is 0 Å². The van der Waals surface area contributed by atoms with Gasteiger partial charge < -0.3 is 10.6 Å². The molecule has 2 rings (SSSR count). The minimum atomic E-state index is 0.519.